The standard InChI is InChI=1S/C15H23N3/c1-11-8-12(2)15-13(4-6-17)10-18(7-3-5-16)14(15)9-11/h8-10H,3-7,16-17H2,1-2H3. The molecule has 0 aliphatic rings. The maximum atomic E-state index is 5.71. The second-order valence-electron chi connectivity index (χ2n) is 5.00. The smallest absolute Gasteiger partial charge is 0.0488 e. The molecular weight excluding hydrogens is 222 g/mol. The van der Waals surface area contributed by atoms with Crippen molar-refractivity contribution in [3.05, 3.63) is 35.0 Å². The predicted octanol–water partition coefficient (Wildman–Crippen LogP) is 2.11. The number of fused-ring (bicyclic) bond motifs is 1. The van der Waals surface area contributed by atoms with Crippen LogP contribution in [0.15, 0.2) is 18.3 Å². The number of aromatic nitrogens is 1. The Morgan fingerprint density at radius 2 is 1.89 bits per heavy atom. The van der Waals surface area contributed by atoms with Gasteiger partial charge >= 0.3 is 0 Å². The van der Waals surface area contributed by atoms with E-state index in [2.05, 4.69) is 36.7 Å². The number of aryl methyl sites for hydroxylation is 3. The lowest BCUT2D eigenvalue weighted by Gasteiger charge is -2.06. The average Bonchev–Trinajstić information content (AvgIpc) is 2.65. The minimum atomic E-state index is 0.698. The number of rotatable bonds is 5. The molecule has 0 saturated carbocycles. The topological polar surface area (TPSA) is 57.0 Å². The Kier molecular flexibility index (Phi) is 4.04. The van der Waals surface area contributed by atoms with Crippen LogP contribution in [0.5, 0.6) is 0 Å². The minimum absolute atomic E-state index is 0.698. The molecule has 0 radical (unpaired) electrons. The van der Waals surface area contributed by atoms with Crippen LogP contribution in [0.1, 0.15) is 23.1 Å². The summed E-state index contributed by atoms with van der Waals surface area (Å²) in [6.07, 6.45) is 4.20. The summed E-state index contributed by atoms with van der Waals surface area (Å²) < 4.78 is 2.33. The molecule has 0 bridgehead atoms. The van der Waals surface area contributed by atoms with Crippen LogP contribution in [0, 0.1) is 13.8 Å². The molecule has 2 rings (SSSR count). The number of benzene rings is 1. The van der Waals surface area contributed by atoms with E-state index in [1.54, 1.807) is 0 Å². The molecule has 0 unspecified atom stereocenters. The Bertz CT molecular complexity index is 540. The third kappa shape index (κ3) is 2.42. The fraction of sp³-hybridized carbons (Fsp3) is 0.467. The SMILES string of the molecule is Cc1cc(C)c2c(CCN)cn(CCCN)c2c1. The number of nitrogens with zero attached hydrogens (tertiary/aromatic N) is 1. The third-order valence-corrected chi connectivity index (χ3v) is 3.42. The Morgan fingerprint density at radius 1 is 1.11 bits per heavy atom. The molecule has 3 nitrogen and oxygen atoms in total. The highest BCUT2D eigenvalue weighted by molar-refractivity contribution is 5.88. The van der Waals surface area contributed by atoms with Gasteiger partial charge in [-0.05, 0) is 62.5 Å². The highest BCUT2D eigenvalue weighted by atomic mass is 15.0. The molecular formula is C15H23N3. The van der Waals surface area contributed by atoms with E-state index in [-0.39, 0.29) is 0 Å². The van der Waals surface area contributed by atoms with Crippen LogP contribution in [0.25, 0.3) is 10.9 Å². The first-order chi connectivity index (χ1) is 8.67. The van der Waals surface area contributed by atoms with Gasteiger partial charge in [-0.1, -0.05) is 6.07 Å². The summed E-state index contributed by atoms with van der Waals surface area (Å²) in [5, 5.41) is 1.38. The van der Waals surface area contributed by atoms with E-state index in [1.165, 1.54) is 27.6 Å². The quantitative estimate of drug-likeness (QED) is 0.847. The van der Waals surface area contributed by atoms with Crippen LogP contribution in [0.2, 0.25) is 0 Å². The summed E-state index contributed by atoms with van der Waals surface area (Å²) in [6.45, 7) is 6.75. The van der Waals surface area contributed by atoms with Gasteiger partial charge in [-0.3, -0.25) is 0 Å². The monoisotopic (exact) mass is 245 g/mol. The summed E-state index contributed by atoms with van der Waals surface area (Å²) in [5.41, 5.74) is 16.7. The molecule has 1 aromatic heterocycles. The van der Waals surface area contributed by atoms with Crippen molar-refractivity contribution < 1.29 is 0 Å². The van der Waals surface area contributed by atoms with E-state index in [1.807, 2.05) is 0 Å². The Balaban J connectivity index is 2.56. The highest BCUT2D eigenvalue weighted by Gasteiger charge is 2.10. The van der Waals surface area contributed by atoms with Gasteiger partial charge in [-0.15, -0.1) is 0 Å². The van der Waals surface area contributed by atoms with E-state index in [0.717, 1.165) is 25.9 Å². The molecule has 98 valence electrons. The van der Waals surface area contributed by atoms with Crippen LogP contribution in [0.4, 0.5) is 0 Å². The Morgan fingerprint density at radius 3 is 2.56 bits per heavy atom. The molecule has 0 spiro atoms. The van der Waals surface area contributed by atoms with Crippen molar-refractivity contribution in [2.75, 3.05) is 13.1 Å². The Labute approximate surface area is 109 Å². The molecule has 0 atom stereocenters. The molecule has 0 fully saturated rings. The average molecular weight is 245 g/mol. The largest absolute Gasteiger partial charge is 0.347 e. The van der Waals surface area contributed by atoms with Crippen LogP contribution in [-0.4, -0.2) is 17.7 Å². The van der Waals surface area contributed by atoms with Gasteiger partial charge in [0.05, 0.1) is 0 Å². The van der Waals surface area contributed by atoms with Gasteiger partial charge in [0.25, 0.3) is 0 Å². The second-order valence-corrected chi connectivity index (χ2v) is 5.00. The van der Waals surface area contributed by atoms with Gasteiger partial charge in [0.15, 0.2) is 0 Å². The molecule has 0 aliphatic carbocycles. The van der Waals surface area contributed by atoms with Crippen LogP contribution in [-0.2, 0) is 13.0 Å². The molecule has 2 aromatic rings. The lowest BCUT2D eigenvalue weighted by molar-refractivity contribution is 0.668. The van der Waals surface area contributed by atoms with E-state index in [0.29, 0.717) is 6.54 Å². The van der Waals surface area contributed by atoms with E-state index in [4.69, 9.17) is 11.5 Å². The Hall–Kier alpha value is -1.32. The fourth-order valence-corrected chi connectivity index (χ4v) is 2.70. The van der Waals surface area contributed by atoms with Gasteiger partial charge in [0.1, 0.15) is 0 Å². The molecule has 0 saturated heterocycles. The summed E-state index contributed by atoms with van der Waals surface area (Å²) in [6, 6.07) is 4.51. The minimum Gasteiger partial charge on any atom is -0.347 e. The van der Waals surface area contributed by atoms with Gasteiger partial charge in [0, 0.05) is 23.6 Å². The first kappa shape index (κ1) is 13.1. The van der Waals surface area contributed by atoms with Crippen molar-refractivity contribution in [3.8, 4) is 0 Å². The summed E-state index contributed by atoms with van der Waals surface area (Å²) >= 11 is 0. The molecule has 0 amide bonds. The third-order valence-electron chi connectivity index (χ3n) is 3.42. The molecule has 0 aliphatic heterocycles. The van der Waals surface area contributed by atoms with E-state index in [9.17, 15) is 0 Å². The van der Waals surface area contributed by atoms with Crippen LogP contribution >= 0.6 is 0 Å². The first-order valence-corrected chi connectivity index (χ1v) is 6.66. The lowest BCUT2D eigenvalue weighted by atomic mass is 10.0. The zero-order valence-corrected chi connectivity index (χ0v) is 11.4. The molecule has 1 heterocycles. The van der Waals surface area contributed by atoms with Gasteiger partial charge < -0.3 is 16.0 Å². The lowest BCUT2D eigenvalue weighted by Crippen LogP contribution is -2.05. The van der Waals surface area contributed by atoms with Gasteiger partial charge in [-0.2, -0.15) is 0 Å². The zero-order chi connectivity index (χ0) is 13.1. The van der Waals surface area contributed by atoms with Crippen molar-refractivity contribution in [1.29, 1.82) is 0 Å². The molecule has 1 aromatic carbocycles. The van der Waals surface area contributed by atoms with Crippen LogP contribution in [0.3, 0.4) is 0 Å². The maximum absolute atomic E-state index is 5.71. The van der Waals surface area contributed by atoms with Gasteiger partial charge in [-0.25, -0.2) is 0 Å². The summed E-state index contributed by atoms with van der Waals surface area (Å²) in [5.74, 6) is 0. The van der Waals surface area contributed by atoms with E-state index < -0.39 is 0 Å². The second kappa shape index (κ2) is 5.55. The van der Waals surface area contributed by atoms with Crippen LogP contribution < -0.4 is 11.5 Å². The van der Waals surface area contributed by atoms with Crippen molar-refractivity contribution in [2.45, 2.75) is 33.2 Å². The number of nitrogens with two attached hydrogens (primary N) is 2. The predicted molar refractivity (Wildman–Crippen MR) is 77.8 cm³/mol. The number of hydrogen-bond donors (Lipinski definition) is 2. The molecule has 3 heteroatoms. The molecule has 4 N–H and O–H groups in total. The van der Waals surface area contributed by atoms with Crippen molar-refractivity contribution >= 4 is 10.9 Å². The van der Waals surface area contributed by atoms with Crippen molar-refractivity contribution in [2.24, 2.45) is 11.5 Å². The number of hydrogen-bond acceptors (Lipinski definition) is 2. The van der Waals surface area contributed by atoms with Crippen molar-refractivity contribution in [1.82, 2.24) is 4.57 Å². The van der Waals surface area contributed by atoms with Crippen molar-refractivity contribution in [3.63, 3.8) is 0 Å². The molecule has 18 heavy (non-hydrogen) atoms. The van der Waals surface area contributed by atoms with E-state index >= 15 is 0 Å². The summed E-state index contributed by atoms with van der Waals surface area (Å²) in [7, 11) is 0. The first-order valence-electron chi connectivity index (χ1n) is 6.66. The summed E-state index contributed by atoms with van der Waals surface area (Å²) in [4.78, 5) is 0. The van der Waals surface area contributed by atoms with Gasteiger partial charge in [0.2, 0.25) is 0 Å². The zero-order valence-electron chi connectivity index (χ0n) is 11.4. The fourth-order valence-electron chi connectivity index (χ4n) is 2.70. The highest BCUT2D eigenvalue weighted by Crippen LogP contribution is 2.27. The maximum Gasteiger partial charge on any atom is 0.0488 e. The normalized spacial score (nSPS) is 11.3.